The SMILES string of the molecule is CC1CCN(c2nc3ccccn3c(=O)c2C=C2SC(=S)N(C3CCS(=O)(=O)C3)C2=O)CC1. The number of nitrogens with zero attached hydrogens (tertiary/aromatic N) is 4. The largest absolute Gasteiger partial charge is 0.356 e. The summed E-state index contributed by atoms with van der Waals surface area (Å²) in [4.78, 5) is 35.3. The van der Waals surface area contributed by atoms with Gasteiger partial charge in [0.1, 0.15) is 15.8 Å². The Bertz CT molecular complexity index is 1340. The van der Waals surface area contributed by atoms with Crippen LogP contribution in [-0.2, 0) is 14.6 Å². The molecule has 0 bridgehead atoms. The highest BCUT2D eigenvalue weighted by atomic mass is 32.2. The molecule has 5 heterocycles. The van der Waals surface area contributed by atoms with Gasteiger partial charge >= 0.3 is 0 Å². The van der Waals surface area contributed by atoms with Gasteiger partial charge in [0, 0.05) is 19.3 Å². The average molecular weight is 505 g/mol. The van der Waals surface area contributed by atoms with Gasteiger partial charge in [-0.05, 0) is 43.4 Å². The Morgan fingerprint density at radius 1 is 1.18 bits per heavy atom. The van der Waals surface area contributed by atoms with Gasteiger partial charge in [-0.2, -0.15) is 0 Å². The molecule has 2 aromatic heterocycles. The number of piperidine rings is 1. The molecule has 8 nitrogen and oxygen atoms in total. The van der Waals surface area contributed by atoms with Crippen molar-refractivity contribution >= 4 is 61.6 Å². The second-order valence-electron chi connectivity index (χ2n) is 8.86. The van der Waals surface area contributed by atoms with E-state index in [-0.39, 0.29) is 23.0 Å². The quantitative estimate of drug-likeness (QED) is 0.465. The number of amides is 1. The summed E-state index contributed by atoms with van der Waals surface area (Å²) in [7, 11) is -3.17. The van der Waals surface area contributed by atoms with E-state index in [1.165, 1.54) is 9.30 Å². The van der Waals surface area contributed by atoms with Crippen LogP contribution in [0.25, 0.3) is 11.7 Å². The van der Waals surface area contributed by atoms with E-state index in [0.717, 1.165) is 37.7 Å². The molecule has 5 rings (SSSR count). The number of hydrogen-bond donors (Lipinski definition) is 0. The Morgan fingerprint density at radius 2 is 1.94 bits per heavy atom. The predicted molar refractivity (Wildman–Crippen MR) is 134 cm³/mol. The molecule has 0 aliphatic carbocycles. The van der Waals surface area contributed by atoms with E-state index in [2.05, 4.69) is 11.8 Å². The molecule has 0 radical (unpaired) electrons. The lowest BCUT2D eigenvalue weighted by Crippen LogP contribution is -2.39. The van der Waals surface area contributed by atoms with Crippen LogP contribution in [-0.4, -0.2) is 63.6 Å². The number of carbonyl (C=O) groups is 1. The van der Waals surface area contributed by atoms with Crippen molar-refractivity contribution in [2.45, 2.75) is 32.2 Å². The molecule has 3 aliphatic rings. The number of rotatable bonds is 3. The summed E-state index contributed by atoms with van der Waals surface area (Å²) < 4.78 is 25.7. The van der Waals surface area contributed by atoms with Crippen molar-refractivity contribution in [1.82, 2.24) is 14.3 Å². The van der Waals surface area contributed by atoms with Crippen molar-refractivity contribution in [2.24, 2.45) is 5.92 Å². The molecule has 33 heavy (non-hydrogen) atoms. The third kappa shape index (κ3) is 4.22. The lowest BCUT2D eigenvalue weighted by Gasteiger charge is -2.32. The fourth-order valence-electron chi connectivity index (χ4n) is 4.58. The van der Waals surface area contributed by atoms with Crippen LogP contribution in [0, 0.1) is 5.92 Å². The van der Waals surface area contributed by atoms with E-state index in [1.54, 1.807) is 24.4 Å². The smallest absolute Gasteiger partial charge is 0.267 e. The maximum Gasteiger partial charge on any atom is 0.267 e. The van der Waals surface area contributed by atoms with Gasteiger partial charge in [0.15, 0.2) is 9.84 Å². The number of fused-ring (bicyclic) bond motifs is 1. The van der Waals surface area contributed by atoms with Crippen LogP contribution in [0.4, 0.5) is 5.82 Å². The summed E-state index contributed by atoms with van der Waals surface area (Å²) in [5.74, 6) is 0.825. The number of anilines is 1. The molecule has 2 aromatic rings. The standard InChI is InChI=1S/C22H24N4O4S3/c1-14-5-9-24(10-6-14)19-16(20(27)25-8-3-2-4-18(25)23-19)12-17-21(28)26(22(31)32-17)15-7-11-33(29,30)13-15/h2-4,8,12,14-15H,5-7,9-11,13H2,1H3. The topological polar surface area (TPSA) is 92.1 Å². The summed E-state index contributed by atoms with van der Waals surface area (Å²) in [5.41, 5.74) is 0.660. The molecular weight excluding hydrogens is 480 g/mol. The van der Waals surface area contributed by atoms with E-state index >= 15 is 0 Å². The first-order chi connectivity index (χ1) is 15.7. The maximum absolute atomic E-state index is 13.5. The van der Waals surface area contributed by atoms with Crippen LogP contribution >= 0.6 is 24.0 Å². The Hall–Kier alpha value is -2.24. The van der Waals surface area contributed by atoms with Gasteiger partial charge in [-0.3, -0.25) is 18.9 Å². The number of aromatic nitrogens is 2. The normalized spacial score (nSPS) is 25.0. The lowest BCUT2D eigenvalue weighted by atomic mass is 9.99. The molecule has 1 amide bonds. The van der Waals surface area contributed by atoms with E-state index in [1.807, 2.05) is 6.07 Å². The van der Waals surface area contributed by atoms with Gasteiger partial charge in [0.05, 0.1) is 28.0 Å². The zero-order valence-corrected chi connectivity index (χ0v) is 20.6. The van der Waals surface area contributed by atoms with Gasteiger partial charge in [-0.15, -0.1) is 0 Å². The summed E-state index contributed by atoms with van der Waals surface area (Å²) in [6.07, 6.45) is 5.64. The van der Waals surface area contributed by atoms with Crippen molar-refractivity contribution < 1.29 is 13.2 Å². The zero-order valence-electron chi connectivity index (χ0n) is 18.1. The van der Waals surface area contributed by atoms with Crippen LogP contribution in [0.1, 0.15) is 31.7 Å². The number of thiocarbonyl (C=S) groups is 1. The van der Waals surface area contributed by atoms with Gasteiger partial charge in [-0.1, -0.05) is 37.0 Å². The maximum atomic E-state index is 13.5. The Labute approximate surface area is 201 Å². The first-order valence-corrected chi connectivity index (χ1v) is 14.0. The minimum atomic E-state index is -3.17. The van der Waals surface area contributed by atoms with E-state index in [9.17, 15) is 18.0 Å². The molecule has 1 atom stereocenters. The minimum Gasteiger partial charge on any atom is -0.356 e. The minimum absolute atomic E-state index is 0.0568. The Kier molecular flexibility index (Phi) is 5.82. The highest BCUT2D eigenvalue weighted by Crippen LogP contribution is 2.37. The third-order valence-electron chi connectivity index (χ3n) is 6.50. The number of hydrogen-bond acceptors (Lipinski definition) is 8. The number of carbonyl (C=O) groups excluding carboxylic acids is 1. The first-order valence-electron chi connectivity index (χ1n) is 11.0. The van der Waals surface area contributed by atoms with E-state index < -0.39 is 15.9 Å². The molecule has 3 aliphatic heterocycles. The van der Waals surface area contributed by atoms with Crippen molar-refractivity contribution in [3.63, 3.8) is 0 Å². The Balaban J connectivity index is 1.57. The van der Waals surface area contributed by atoms with Crippen LogP contribution < -0.4 is 10.5 Å². The van der Waals surface area contributed by atoms with Crippen LogP contribution in [0.15, 0.2) is 34.1 Å². The van der Waals surface area contributed by atoms with Gasteiger partial charge in [0.2, 0.25) is 0 Å². The molecule has 0 spiro atoms. The summed E-state index contributed by atoms with van der Waals surface area (Å²) in [5, 5.41) is 0. The summed E-state index contributed by atoms with van der Waals surface area (Å²) in [6.45, 7) is 3.80. The predicted octanol–water partition coefficient (Wildman–Crippen LogP) is 2.32. The number of pyridine rings is 1. The molecular formula is C22H24N4O4S3. The van der Waals surface area contributed by atoms with Gasteiger partial charge in [0.25, 0.3) is 11.5 Å². The van der Waals surface area contributed by atoms with E-state index in [4.69, 9.17) is 17.2 Å². The second kappa shape index (κ2) is 8.52. The van der Waals surface area contributed by atoms with E-state index in [0.29, 0.717) is 38.6 Å². The molecule has 0 aromatic carbocycles. The monoisotopic (exact) mass is 504 g/mol. The molecule has 3 fully saturated rings. The van der Waals surface area contributed by atoms with Gasteiger partial charge < -0.3 is 4.90 Å². The first kappa shape index (κ1) is 22.5. The van der Waals surface area contributed by atoms with Crippen molar-refractivity contribution in [2.75, 3.05) is 29.5 Å². The van der Waals surface area contributed by atoms with Crippen LogP contribution in [0.2, 0.25) is 0 Å². The fourth-order valence-corrected chi connectivity index (χ4v) is 7.67. The molecule has 11 heteroatoms. The molecule has 3 saturated heterocycles. The summed E-state index contributed by atoms with van der Waals surface area (Å²) in [6, 6.07) is 4.94. The van der Waals surface area contributed by atoms with Gasteiger partial charge in [-0.25, -0.2) is 13.4 Å². The van der Waals surface area contributed by atoms with Crippen LogP contribution in [0.5, 0.6) is 0 Å². The highest BCUT2D eigenvalue weighted by Gasteiger charge is 2.42. The van der Waals surface area contributed by atoms with Crippen molar-refractivity contribution in [3.05, 3.63) is 45.2 Å². The molecule has 0 N–H and O–H groups in total. The summed E-state index contributed by atoms with van der Waals surface area (Å²) >= 11 is 6.54. The highest BCUT2D eigenvalue weighted by molar-refractivity contribution is 8.26. The Morgan fingerprint density at radius 3 is 2.64 bits per heavy atom. The zero-order chi connectivity index (χ0) is 23.3. The average Bonchev–Trinajstić information content (AvgIpc) is 3.27. The van der Waals surface area contributed by atoms with Crippen LogP contribution in [0.3, 0.4) is 0 Å². The van der Waals surface area contributed by atoms with Crippen molar-refractivity contribution in [1.29, 1.82) is 0 Å². The second-order valence-corrected chi connectivity index (χ2v) is 12.8. The lowest BCUT2D eigenvalue weighted by molar-refractivity contribution is -0.123. The molecule has 174 valence electrons. The van der Waals surface area contributed by atoms with Crippen molar-refractivity contribution in [3.8, 4) is 0 Å². The fraction of sp³-hybridized carbons (Fsp3) is 0.455. The third-order valence-corrected chi connectivity index (χ3v) is 9.59. The number of thioether (sulfide) groups is 1. The number of sulfone groups is 1. The molecule has 0 saturated carbocycles. The molecule has 1 unspecified atom stereocenters.